The van der Waals surface area contributed by atoms with Gasteiger partial charge in [-0.15, -0.1) is 0 Å². The van der Waals surface area contributed by atoms with Crippen LogP contribution in [0.15, 0.2) is 47.2 Å². The fourth-order valence-electron chi connectivity index (χ4n) is 2.44. The molecule has 25 heavy (non-hydrogen) atoms. The summed E-state index contributed by atoms with van der Waals surface area (Å²) in [6, 6.07) is 9.69. The third kappa shape index (κ3) is 3.26. The summed E-state index contributed by atoms with van der Waals surface area (Å²) >= 11 is 3.16. The van der Waals surface area contributed by atoms with Gasteiger partial charge in [-0.1, -0.05) is 30.3 Å². The van der Waals surface area contributed by atoms with Crippen LogP contribution in [0.2, 0.25) is 0 Å². The highest BCUT2D eigenvalue weighted by Crippen LogP contribution is 2.37. The Morgan fingerprint density at radius 2 is 1.92 bits per heavy atom. The first-order valence-electron chi connectivity index (χ1n) is 7.34. The van der Waals surface area contributed by atoms with Gasteiger partial charge in [-0.2, -0.15) is 13.2 Å². The van der Waals surface area contributed by atoms with Gasteiger partial charge in [0.1, 0.15) is 4.60 Å². The number of hydrogen-bond donors (Lipinski definition) is 0. The van der Waals surface area contributed by atoms with Crippen LogP contribution in [-0.4, -0.2) is 22.0 Å². The lowest BCUT2D eigenvalue weighted by Crippen LogP contribution is -2.08. The molecule has 0 fully saturated rings. The molecule has 3 aromatic rings. The van der Waals surface area contributed by atoms with Crippen LogP contribution >= 0.6 is 15.9 Å². The second kappa shape index (κ2) is 6.51. The summed E-state index contributed by atoms with van der Waals surface area (Å²) in [5.41, 5.74) is -0.508. The average molecular weight is 413 g/mol. The molecular formula is C17H12BrF3N2O2. The van der Waals surface area contributed by atoms with Crippen molar-refractivity contribution in [2.75, 3.05) is 6.61 Å². The highest BCUT2D eigenvalue weighted by atomic mass is 79.9. The highest BCUT2D eigenvalue weighted by Gasteiger charge is 2.36. The minimum Gasteiger partial charge on any atom is -0.461 e. The summed E-state index contributed by atoms with van der Waals surface area (Å²) < 4.78 is 46.7. The minimum atomic E-state index is -4.62. The maximum atomic E-state index is 13.5. The van der Waals surface area contributed by atoms with Crippen LogP contribution in [-0.2, 0) is 10.9 Å². The SMILES string of the molecule is CCOC(=O)c1nc2c(C(F)(F)F)cc(-c3ccccc3)cn2c1Br. The number of rotatable bonds is 3. The van der Waals surface area contributed by atoms with Crippen LogP contribution in [0.1, 0.15) is 23.0 Å². The number of esters is 1. The van der Waals surface area contributed by atoms with E-state index in [1.54, 1.807) is 37.3 Å². The van der Waals surface area contributed by atoms with Gasteiger partial charge in [-0.25, -0.2) is 9.78 Å². The van der Waals surface area contributed by atoms with Crippen molar-refractivity contribution in [2.24, 2.45) is 0 Å². The van der Waals surface area contributed by atoms with Crippen molar-refractivity contribution in [1.29, 1.82) is 0 Å². The third-order valence-electron chi connectivity index (χ3n) is 3.54. The Balaban J connectivity index is 2.30. The van der Waals surface area contributed by atoms with E-state index >= 15 is 0 Å². The first kappa shape index (κ1) is 17.5. The first-order chi connectivity index (χ1) is 11.8. The maximum Gasteiger partial charge on any atom is 0.420 e. The molecular weight excluding hydrogens is 401 g/mol. The van der Waals surface area contributed by atoms with E-state index in [9.17, 15) is 18.0 Å². The minimum absolute atomic E-state index is 0.0978. The van der Waals surface area contributed by atoms with Crippen molar-refractivity contribution >= 4 is 27.5 Å². The van der Waals surface area contributed by atoms with Gasteiger partial charge in [0, 0.05) is 6.20 Å². The second-order valence-corrected chi connectivity index (χ2v) is 5.92. The van der Waals surface area contributed by atoms with Crippen LogP contribution in [0, 0.1) is 0 Å². The summed E-state index contributed by atoms with van der Waals surface area (Å²) in [7, 11) is 0. The van der Waals surface area contributed by atoms with E-state index in [1.165, 1.54) is 10.6 Å². The fraction of sp³-hybridized carbons (Fsp3) is 0.176. The predicted molar refractivity (Wildman–Crippen MR) is 89.3 cm³/mol. The highest BCUT2D eigenvalue weighted by molar-refractivity contribution is 9.10. The number of benzene rings is 1. The lowest BCUT2D eigenvalue weighted by Gasteiger charge is -2.11. The number of pyridine rings is 1. The smallest absolute Gasteiger partial charge is 0.420 e. The molecule has 0 aliphatic rings. The van der Waals surface area contributed by atoms with Crippen LogP contribution in [0.5, 0.6) is 0 Å². The van der Waals surface area contributed by atoms with Crippen molar-refractivity contribution in [1.82, 2.24) is 9.38 Å². The van der Waals surface area contributed by atoms with Gasteiger partial charge >= 0.3 is 12.1 Å². The fourth-order valence-corrected chi connectivity index (χ4v) is 2.96. The number of fused-ring (bicyclic) bond motifs is 1. The number of ether oxygens (including phenoxy) is 1. The Bertz CT molecular complexity index is 936. The van der Waals surface area contributed by atoms with Gasteiger partial charge in [0.15, 0.2) is 11.3 Å². The number of alkyl halides is 3. The zero-order valence-corrected chi connectivity index (χ0v) is 14.6. The number of aromatic nitrogens is 2. The topological polar surface area (TPSA) is 43.6 Å². The molecule has 0 unspecified atom stereocenters. The molecule has 4 nitrogen and oxygen atoms in total. The lowest BCUT2D eigenvalue weighted by atomic mass is 10.1. The third-order valence-corrected chi connectivity index (χ3v) is 4.30. The summed E-state index contributed by atoms with van der Waals surface area (Å²) in [5, 5.41) is 0. The molecule has 8 heteroatoms. The molecule has 0 aliphatic carbocycles. The van der Waals surface area contributed by atoms with Crippen molar-refractivity contribution in [3.63, 3.8) is 0 Å². The second-order valence-electron chi connectivity index (χ2n) is 5.17. The van der Waals surface area contributed by atoms with E-state index in [0.29, 0.717) is 11.1 Å². The molecule has 2 aromatic heterocycles. The number of carbonyl (C=O) groups is 1. The number of carbonyl (C=O) groups excluding carboxylic acids is 1. The quantitative estimate of drug-likeness (QED) is 0.571. The van der Waals surface area contributed by atoms with Gasteiger partial charge in [0.25, 0.3) is 0 Å². The molecule has 0 saturated carbocycles. The van der Waals surface area contributed by atoms with E-state index in [2.05, 4.69) is 20.9 Å². The Hall–Kier alpha value is -2.35. The van der Waals surface area contributed by atoms with Crippen LogP contribution in [0.3, 0.4) is 0 Å². The molecule has 3 rings (SSSR count). The number of hydrogen-bond acceptors (Lipinski definition) is 3. The van der Waals surface area contributed by atoms with Gasteiger partial charge < -0.3 is 4.74 Å². The molecule has 0 radical (unpaired) electrons. The van der Waals surface area contributed by atoms with E-state index in [1.807, 2.05) is 0 Å². The van der Waals surface area contributed by atoms with Crippen molar-refractivity contribution in [2.45, 2.75) is 13.1 Å². The molecule has 2 heterocycles. The van der Waals surface area contributed by atoms with Crippen LogP contribution in [0.25, 0.3) is 16.8 Å². The molecule has 0 aliphatic heterocycles. The normalized spacial score (nSPS) is 11.7. The van der Waals surface area contributed by atoms with Crippen molar-refractivity contribution < 1.29 is 22.7 Å². The van der Waals surface area contributed by atoms with Gasteiger partial charge in [-0.3, -0.25) is 4.40 Å². The summed E-state index contributed by atoms with van der Waals surface area (Å²) in [5.74, 6) is -0.785. The van der Waals surface area contributed by atoms with Gasteiger partial charge in [0.05, 0.1) is 12.2 Å². The summed E-state index contributed by atoms with van der Waals surface area (Å²) in [4.78, 5) is 15.8. The Morgan fingerprint density at radius 3 is 2.52 bits per heavy atom. The largest absolute Gasteiger partial charge is 0.461 e. The average Bonchev–Trinajstić information content (AvgIpc) is 2.91. The maximum absolute atomic E-state index is 13.5. The molecule has 0 bridgehead atoms. The molecule has 1 aromatic carbocycles. The predicted octanol–water partition coefficient (Wildman–Crippen LogP) is 4.96. The van der Waals surface area contributed by atoms with Crippen LogP contribution in [0.4, 0.5) is 13.2 Å². The van der Waals surface area contributed by atoms with Crippen molar-refractivity contribution in [3.05, 3.63) is 58.5 Å². The monoisotopic (exact) mass is 412 g/mol. The number of halogens is 4. The molecule has 0 atom stereocenters. The molecule has 0 saturated heterocycles. The lowest BCUT2D eigenvalue weighted by molar-refractivity contribution is -0.136. The van der Waals surface area contributed by atoms with E-state index in [0.717, 1.165) is 6.07 Å². The Kier molecular flexibility index (Phi) is 4.55. The van der Waals surface area contributed by atoms with E-state index in [-0.39, 0.29) is 22.6 Å². The molecule has 0 amide bonds. The zero-order chi connectivity index (χ0) is 18.2. The summed E-state index contributed by atoms with van der Waals surface area (Å²) in [6.07, 6.45) is -3.12. The van der Waals surface area contributed by atoms with E-state index in [4.69, 9.17) is 4.74 Å². The van der Waals surface area contributed by atoms with Gasteiger partial charge in [0.2, 0.25) is 0 Å². The molecule has 130 valence electrons. The van der Waals surface area contributed by atoms with E-state index < -0.39 is 17.7 Å². The number of imidazole rings is 1. The molecule has 0 N–H and O–H groups in total. The summed E-state index contributed by atoms with van der Waals surface area (Å²) in [6.45, 7) is 1.71. The molecule has 0 spiro atoms. The standard InChI is InChI=1S/C17H12BrF3N2O2/c1-2-25-16(24)13-14(18)23-9-11(10-6-4-3-5-7-10)8-12(15(23)22-13)17(19,20)21/h3-9H,2H2,1H3. The van der Waals surface area contributed by atoms with Gasteiger partial charge in [-0.05, 0) is 40.0 Å². The number of nitrogens with zero attached hydrogens (tertiary/aromatic N) is 2. The van der Waals surface area contributed by atoms with Crippen molar-refractivity contribution in [3.8, 4) is 11.1 Å². The van der Waals surface area contributed by atoms with Crippen LogP contribution < -0.4 is 0 Å². The zero-order valence-electron chi connectivity index (χ0n) is 13.0. The Morgan fingerprint density at radius 1 is 1.24 bits per heavy atom. The first-order valence-corrected chi connectivity index (χ1v) is 8.13. The Labute approximate surface area is 149 Å².